The van der Waals surface area contributed by atoms with Gasteiger partial charge in [-0.25, -0.2) is 0 Å². The number of rotatable bonds is 8. The predicted octanol–water partition coefficient (Wildman–Crippen LogP) is 2.65. The third-order valence-electron chi connectivity index (χ3n) is 3.55. The standard InChI is InChI=1S/C16H26N2O2/c1-4-12(3)10-17-15-8-6-13(7-9-15)16(20)18-14(5-2)11-19/h6-9,12,14,17,19H,4-5,10-11H2,1-3H3,(H,18,20). The zero-order valence-electron chi connectivity index (χ0n) is 12.6. The molecule has 4 nitrogen and oxygen atoms in total. The molecule has 3 N–H and O–H groups in total. The van der Waals surface area contributed by atoms with Gasteiger partial charge in [0, 0.05) is 17.8 Å². The fourth-order valence-electron chi connectivity index (χ4n) is 1.72. The smallest absolute Gasteiger partial charge is 0.251 e. The van der Waals surface area contributed by atoms with Gasteiger partial charge < -0.3 is 15.7 Å². The maximum absolute atomic E-state index is 12.0. The molecule has 0 spiro atoms. The van der Waals surface area contributed by atoms with Crippen LogP contribution in [-0.4, -0.2) is 30.2 Å². The molecule has 0 aliphatic rings. The molecule has 0 saturated carbocycles. The highest BCUT2D eigenvalue weighted by atomic mass is 16.3. The Morgan fingerprint density at radius 1 is 1.20 bits per heavy atom. The van der Waals surface area contributed by atoms with Crippen molar-refractivity contribution in [1.82, 2.24) is 5.32 Å². The number of hydrogen-bond acceptors (Lipinski definition) is 3. The Kier molecular flexibility index (Phi) is 7.09. The molecule has 0 bridgehead atoms. The highest BCUT2D eigenvalue weighted by Crippen LogP contribution is 2.11. The van der Waals surface area contributed by atoms with E-state index in [2.05, 4.69) is 24.5 Å². The molecule has 4 heteroatoms. The Bertz CT molecular complexity index is 399. The van der Waals surface area contributed by atoms with E-state index >= 15 is 0 Å². The van der Waals surface area contributed by atoms with Crippen molar-refractivity contribution >= 4 is 11.6 Å². The normalized spacial score (nSPS) is 13.6. The number of nitrogens with one attached hydrogen (secondary N) is 2. The van der Waals surface area contributed by atoms with Gasteiger partial charge in [-0.3, -0.25) is 4.79 Å². The van der Waals surface area contributed by atoms with E-state index in [9.17, 15) is 4.79 Å². The number of aliphatic hydroxyl groups excluding tert-OH is 1. The molecule has 1 aromatic carbocycles. The van der Waals surface area contributed by atoms with Crippen LogP contribution >= 0.6 is 0 Å². The maximum Gasteiger partial charge on any atom is 0.251 e. The molecule has 2 atom stereocenters. The number of carbonyl (C=O) groups is 1. The van der Waals surface area contributed by atoms with Gasteiger partial charge >= 0.3 is 0 Å². The van der Waals surface area contributed by atoms with Crippen LogP contribution in [0.2, 0.25) is 0 Å². The molecular weight excluding hydrogens is 252 g/mol. The zero-order valence-corrected chi connectivity index (χ0v) is 12.6. The van der Waals surface area contributed by atoms with E-state index in [1.807, 2.05) is 19.1 Å². The number of aliphatic hydroxyl groups is 1. The second kappa shape index (κ2) is 8.59. The first-order valence-corrected chi connectivity index (χ1v) is 7.36. The van der Waals surface area contributed by atoms with Gasteiger partial charge in [-0.05, 0) is 36.6 Å². The molecule has 0 radical (unpaired) electrons. The number of carbonyl (C=O) groups excluding carboxylic acids is 1. The SMILES string of the molecule is CCC(C)CNc1ccc(C(=O)NC(CC)CO)cc1. The van der Waals surface area contributed by atoms with Crippen LogP contribution in [0.15, 0.2) is 24.3 Å². The first kappa shape index (κ1) is 16.5. The van der Waals surface area contributed by atoms with Crippen molar-refractivity contribution in [2.75, 3.05) is 18.5 Å². The van der Waals surface area contributed by atoms with Gasteiger partial charge in [0.05, 0.1) is 12.6 Å². The van der Waals surface area contributed by atoms with E-state index in [-0.39, 0.29) is 18.6 Å². The Morgan fingerprint density at radius 2 is 1.85 bits per heavy atom. The minimum Gasteiger partial charge on any atom is -0.394 e. The van der Waals surface area contributed by atoms with Gasteiger partial charge in [0.2, 0.25) is 0 Å². The number of anilines is 1. The van der Waals surface area contributed by atoms with Crippen LogP contribution in [0.4, 0.5) is 5.69 Å². The van der Waals surface area contributed by atoms with E-state index in [1.165, 1.54) is 0 Å². The van der Waals surface area contributed by atoms with Crippen molar-refractivity contribution in [3.05, 3.63) is 29.8 Å². The molecule has 112 valence electrons. The lowest BCUT2D eigenvalue weighted by molar-refractivity contribution is 0.0915. The van der Waals surface area contributed by atoms with Crippen molar-refractivity contribution in [2.45, 2.75) is 39.7 Å². The Hall–Kier alpha value is -1.55. The van der Waals surface area contributed by atoms with Crippen molar-refractivity contribution < 1.29 is 9.90 Å². The molecule has 0 heterocycles. The molecular formula is C16H26N2O2. The van der Waals surface area contributed by atoms with Crippen LogP contribution in [0.3, 0.4) is 0 Å². The average Bonchev–Trinajstić information content (AvgIpc) is 2.50. The summed E-state index contributed by atoms with van der Waals surface area (Å²) >= 11 is 0. The van der Waals surface area contributed by atoms with Crippen LogP contribution in [0.25, 0.3) is 0 Å². The molecule has 1 rings (SSSR count). The molecule has 1 aromatic rings. The summed E-state index contributed by atoms with van der Waals surface area (Å²) in [6.45, 7) is 7.21. The van der Waals surface area contributed by atoms with Gasteiger partial charge in [0.25, 0.3) is 5.91 Å². The van der Waals surface area contributed by atoms with Gasteiger partial charge in [0.1, 0.15) is 0 Å². The highest BCUT2D eigenvalue weighted by Gasteiger charge is 2.11. The fourth-order valence-corrected chi connectivity index (χ4v) is 1.72. The summed E-state index contributed by atoms with van der Waals surface area (Å²) in [5, 5.41) is 15.2. The van der Waals surface area contributed by atoms with E-state index in [1.54, 1.807) is 12.1 Å². The van der Waals surface area contributed by atoms with Crippen LogP contribution in [0.5, 0.6) is 0 Å². The van der Waals surface area contributed by atoms with E-state index in [0.717, 1.165) is 25.1 Å². The van der Waals surface area contributed by atoms with Crippen LogP contribution < -0.4 is 10.6 Å². The summed E-state index contributed by atoms with van der Waals surface area (Å²) in [6.07, 6.45) is 1.86. The molecule has 0 aliphatic heterocycles. The molecule has 2 unspecified atom stereocenters. The fraction of sp³-hybridized carbons (Fsp3) is 0.562. The van der Waals surface area contributed by atoms with Crippen molar-refractivity contribution in [3.8, 4) is 0 Å². The second-order valence-corrected chi connectivity index (χ2v) is 5.23. The summed E-state index contributed by atoms with van der Waals surface area (Å²) in [6, 6.07) is 7.26. The maximum atomic E-state index is 12.0. The van der Waals surface area contributed by atoms with Gasteiger partial charge in [-0.2, -0.15) is 0 Å². The highest BCUT2D eigenvalue weighted by molar-refractivity contribution is 5.94. The molecule has 0 saturated heterocycles. The topological polar surface area (TPSA) is 61.4 Å². The zero-order chi connectivity index (χ0) is 15.0. The summed E-state index contributed by atoms with van der Waals surface area (Å²) in [5.74, 6) is 0.493. The Balaban J connectivity index is 2.55. The Morgan fingerprint density at radius 3 is 2.35 bits per heavy atom. The molecule has 1 amide bonds. The second-order valence-electron chi connectivity index (χ2n) is 5.23. The predicted molar refractivity (Wildman–Crippen MR) is 83.0 cm³/mol. The van der Waals surface area contributed by atoms with Crippen LogP contribution in [-0.2, 0) is 0 Å². The monoisotopic (exact) mass is 278 g/mol. The summed E-state index contributed by atoms with van der Waals surface area (Å²) in [5.41, 5.74) is 1.64. The largest absolute Gasteiger partial charge is 0.394 e. The van der Waals surface area contributed by atoms with Crippen LogP contribution in [0.1, 0.15) is 44.0 Å². The van der Waals surface area contributed by atoms with E-state index < -0.39 is 0 Å². The summed E-state index contributed by atoms with van der Waals surface area (Å²) in [4.78, 5) is 12.0. The lowest BCUT2D eigenvalue weighted by atomic mass is 10.1. The van der Waals surface area contributed by atoms with Gasteiger partial charge in [-0.1, -0.05) is 27.2 Å². The minimum atomic E-state index is -0.175. The molecule has 0 aromatic heterocycles. The van der Waals surface area contributed by atoms with Gasteiger partial charge in [-0.15, -0.1) is 0 Å². The molecule has 0 fully saturated rings. The number of benzene rings is 1. The first-order valence-electron chi connectivity index (χ1n) is 7.36. The minimum absolute atomic E-state index is 0.0310. The lowest BCUT2D eigenvalue weighted by Gasteiger charge is -2.14. The van der Waals surface area contributed by atoms with Crippen molar-refractivity contribution in [1.29, 1.82) is 0 Å². The van der Waals surface area contributed by atoms with E-state index in [4.69, 9.17) is 5.11 Å². The molecule has 0 aliphatic carbocycles. The first-order chi connectivity index (χ1) is 9.60. The van der Waals surface area contributed by atoms with Crippen molar-refractivity contribution in [2.24, 2.45) is 5.92 Å². The number of hydrogen-bond donors (Lipinski definition) is 3. The summed E-state index contributed by atoms with van der Waals surface area (Å²) < 4.78 is 0. The average molecular weight is 278 g/mol. The quantitative estimate of drug-likeness (QED) is 0.685. The lowest BCUT2D eigenvalue weighted by Crippen LogP contribution is -2.36. The van der Waals surface area contributed by atoms with Gasteiger partial charge in [0.15, 0.2) is 0 Å². The van der Waals surface area contributed by atoms with Crippen molar-refractivity contribution in [3.63, 3.8) is 0 Å². The third-order valence-corrected chi connectivity index (χ3v) is 3.55. The number of amides is 1. The van der Waals surface area contributed by atoms with E-state index in [0.29, 0.717) is 11.5 Å². The Labute approximate surface area is 121 Å². The van der Waals surface area contributed by atoms with Crippen LogP contribution in [0, 0.1) is 5.92 Å². The third kappa shape index (κ3) is 5.21. The molecule has 20 heavy (non-hydrogen) atoms. The summed E-state index contributed by atoms with van der Waals surface area (Å²) in [7, 11) is 0.